The predicted octanol–water partition coefficient (Wildman–Crippen LogP) is 0.128. The fourth-order valence-electron chi connectivity index (χ4n) is 2.58. The molecule has 2 rings (SSSR count). The van der Waals surface area contributed by atoms with E-state index in [-0.39, 0.29) is 0 Å². The molecule has 20 heavy (non-hydrogen) atoms. The Balaban J connectivity index is 1.58. The van der Waals surface area contributed by atoms with Crippen molar-refractivity contribution in [1.29, 1.82) is 0 Å². The number of ether oxygens (including phenoxy) is 1. The number of alkyl carbamates (subject to hydrolysis) is 1. The summed E-state index contributed by atoms with van der Waals surface area (Å²) in [5.41, 5.74) is 0. The summed E-state index contributed by atoms with van der Waals surface area (Å²) in [4.78, 5) is 24.8. The highest BCUT2D eigenvalue weighted by Gasteiger charge is 2.20. The van der Waals surface area contributed by atoms with E-state index in [4.69, 9.17) is 4.74 Å². The van der Waals surface area contributed by atoms with Crippen molar-refractivity contribution in [1.82, 2.24) is 20.9 Å². The number of hydrogen-bond acceptors (Lipinski definition) is 5. The number of rotatable bonds is 3. The van der Waals surface area contributed by atoms with Crippen LogP contribution in [0.25, 0.3) is 0 Å². The monoisotopic (exact) mass is 284 g/mol. The molecule has 0 aromatic heterocycles. The average Bonchev–Trinajstić information content (AvgIpc) is 2.49. The van der Waals surface area contributed by atoms with Crippen LogP contribution < -0.4 is 16.0 Å². The second-order valence-electron chi connectivity index (χ2n) is 5.30. The van der Waals surface area contributed by atoms with Crippen LogP contribution in [-0.2, 0) is 4.74 Å². The van der Waals surface area contributed by atoms with Crippen LogP contribution >= 0.6 is 0 Å². The van der Waals surface area contributed by atoms with Gasteiger partial charge in [0.25, 0.3) is 0 Å². The molecule has 7 heteroatoms. The highest BCUT2D eigenvalue weighted by atomic mass is 16.6. The largest absolute Gasteiger partial charge is 0.418 e. The van der Waals surface area contributed by atoms with Gasteiger partial charge in [0.05, 0.1) is 0 Å². The molecule has 0 unspecified atom stereocenters. The Morgan fingerprint density at radius 3 is 2.45 bits per heavy atom. The summed E-state index contributed by atoms with van der Waals surface area (Å²) in [6.45, 7) is 5.33. The molecule has 2 heterocycles. The van der Waals surface area contributed by atoms with Crippen molar-refractivity contribution < 1.29 is 14.3 Å². The van der Waals surface area contributed by atoms with E-state index in [9.17, 15) is 9.59 Å². The smallest absolute Gasteiger partial charge is 0.359 e. The number of piperazine rings is 1. The average molecular weight is 284 g/mol. The van der Waals surface area contributed by atoms with E-state index in [0.717, 1.165) is 45.4 Å². The van der Waals surface area contributed by atoms with Gasteiger partial charge in [0.2, 0.25) is 0 Å². The lowest BCUT2D eigenvalue weighted by atomic mass is 9.95. The molecule has 0 atom stereocenters. The quantitative estimate of drug-likeness (QED) is 0.642. The van der Waals surface area contributed by atoms with Gasteiger partial charge in [0.15, 0.2) is 0 Å². The number of nitrogens with one attached hydrogen (secondary N) is 3. The Bertz CT molecular complexity index is 326. The zero-order chi connectivity index (χ0) is 14.2. The molecular formula is C13H24N4O3. The fraction of sp³-hybridized carbons (Fsp3) is 0.846. The Kier molecular flexibility index (Phi) is 6.07. The first kappa shape index (κ1) is 15.1. The molecule has 0 spiro atoms. The Morgan fingerprint density at radius 1 is 1.10 bits per heavy atom. The number of nitrogens with zero attached hydrogens (tertiary/aromatic N) is 1. The van der Waals surface area contributed by atoms with Crippen molar-refractivity contribution in [3.63, 3.8) is 0 Å². The lowest BCUT2D eigenvalue weighted by Crippen LogP contribution is -2.47. The van der Waals surface area contributed by atoms with Crippen LogP contribution in [0.4, 0.5) is 9.59 Å². The second kappa shape index (κ2) is 8.06. The van der Waals surface area contributed by atoms with Crippen molar-refractivity contribution in [2.24, 2.45) is 5.92 Å². The highest BCUT2D eigenvalue weighted by Crippen LogP contribution is 2.14. The first-order chi connectivity index (χ1) is 9.75. The summed E-state index contributed by atoms with van der Waals surface area (Å²) in [7, 11) is 0. The highest BCUT2D eigenvalue weighted by molar-refractivity contribution is 5.83. The minimum Gasteiger partial charge on any atom is -0.359 e. The van der Waals surface area contributed by atoms with E-state index in [0.29, 0.717) is 25.6 Å². The summed E-state index contributed by atoms with van der Waals surface area (Å²) >= 11 is 0. The van der Waals surface area contributed by atoms with Crippen molar-refractivity contribution in [2.45, 2.75) is 19.3 Å². The molecule has 3 N–H and O–H groups in total. The summed E-state index contributed by atoms with van der Waals surface area (Å²) < 4.78 is 4.78. The SMILES string of the molecule is O=C(NCCC1CCNCC1)OC(=O)N1CCNCC1. The minimum absolute atomic E-state index is 0.550. The molecule has 2 fully saturated rings. The molecule has 2 saturated heterocycles. The first-order valence-electron chi connectivity index (χ1n) is 7.42. The van der Waals surface area contributed by atoms with Gasteiger partial charge in [-0.3, -0.25) is 0 Å². The Labute approximate surface area is 119 Å². The van der Waals surface area contributed by atoms with Gasteiger partial charge in [-0.1, -0.05) is 0 Å². The third-order valence-corrected chi connectivity index (χ3v) is 3.84. The Hall–Kier alpha value is -1.34. The van der Waals surface area contributed by atoms with Gasteiger partial charge in [0, 0.05) is 32.7 Å². The summed E-state index contributed by atoms with van der Waals surface area (Å²) in [6.07, 6.45) is 2.05. The number of hydrogen-bond donors (Lipinski definition) is 3. The van der Waals surface area contributed by atoms with Gasteiger partial charge < -0.3 is 25.6 Å². The summed E-state index contributed by atoms with van der Waals surface area (Å²) in [5.74, 6) is 0.653. The molecule has 0 aromatic rings. The maximum absolute atomic E-state index is 11.7. The second-order valence-corrected chi connectivity index (χ2v) is 5.30. The molecule has 2 amide bonds. The van der Waals surface area contributed by atoms with Gasteiger partial charge in [0.1, 0.15) is 0 Å². The molecule has 0 aliphatic carbocycles. The molecule has 0 bridgehead atoms. The summed E-state index contributed by atoms with van der Waals surface area (Å²) in [5, 5.41) is 9.10. The lowest BCUT2D eigenvalue weighted by Gasteiger charge is -2.26. The third-order valence-electron chi connectivity index (χ3n) is 3.84. The lowest BCUT2D eigenvalue weighted by molar-refractivity contribution is 0.113. The summed E-state index contributed by atoms with van der Waals surface area (Å²) in [6, 6.07) is 0. The molecule has 7 nitrogen and oxygen atoms in total. The van der Waals surface area contributed by atoms with Crippen LogP contribution in [0.1, 0.15) is 19.3 Å². The van der Waals surface area contributed by atoms with E-state index < -0.39 is 12.2 Å². The zero-order valence-electron chi connectivity index (χ0n) is 11.8. The number of amides is 2. The topological polar surface area (TPSA) is 82.7 Å². The normalized spacial score (nSPS) is 20.5. The van der Waals surface area contributed by atoms with Gasteiger partial charge in [-0.15, -0.1) is 0 Å². The van der Waals surface area contributed by atoms with E-state index in [1.807, 2.05) is 0 Å². The third kappa shape index (κ3) is 4.97. The van der Waals surface area contributed by atoms with Gasteiger partial charge in [-0.05, 0) is 38.3 Å². The fourth-order valence-corrected chi connectivity index (χ4v) is 2.58. The minimum atomic E-state index is -0.637. The predicted molar refractivity (Wildman–Crippen MR) is 74.5 cm³/mol. The number of piperidine rings is 1. The molecule has 114 valence electrons. The van der Waals surface area contributed by atoms with Crippen LogP contribution in [0.2, 0.25) is 0 Å². The van der Waals surface area contributed by atoms with E-state index in [1.54, 1.807) is 4.90 Å². The van der Waals surface area contributed by atoms with E-state index >= 15 is 0 Å². The van der Waals surface area contributed by atoms with Crippen LogP contribution in [-0.4, -0.2) is 62.9 Å². The maximum atomic E-state index is 11.7. The van der Waals surface area contributed by atoms with Crippen LogP contribution in [0.5, 0.6) is 0 Å². The number of carbonyl (C=O) groups excluding carboxylic acids is 2. The van der Waals surface area contributed by atoms with Crippen molar-refractivity contribution in [3.05, 3.63) is 0 Å². The molecular weight excluding hydrogens is 260 g/mol. The van der Waals surface area contributed by atoms with E-state index in [1.165, 1.54) is 0 Å². The molecule has 0 radical (unpaired) electrons. The number of carbonyl (C=O) groups is 2. The Morgan fingerprint density at radius 2 is 1.75 bits per heavy atom. The van der Waals surface area contributed by atoms with Gasteiger partial charge in [-0.2, -0.15) is 0 Å². The molecule has 0 saturated carbocycles. The van der Waals surface area contributed by atoms with Crippen molar-refractivity contribution in [3.8, 4) is 0 Å². The molecule has 2 aliphatic heterocycles. The molecule has 2 aliphatic rings. The zero-order valence-corrected chi connectivity index (χ0v) is 11.8. The first-order valence-corrected chi connectivity index (χ1v) is 7.42. The van der Waals surface area contributed by atoms with Crippen LogP contribution in [0.15, 0.2) is 0 Å². The van der Waals surface area contributed by atoms with Gasteiger partial charge >= 0.3 is 12.2 Å². The van der Waals surface area contributed by atoms with Crippen molar-refractivity contribution >= 4 is 12.2 Å². The van der Waals surface area contributed by atoms with Crippen molar-refractivity contribution in [2.75, 3.05) is 45.8 Å². The standard InChI is InChI=1S/C13H24N4O3/c18-12(16-6-3-11-1-4-14-5-2-11)20-13(19)17-9-7-15-8-10-17/h11,14-15H,1-10H2,(H,16,18). The molecule has 0 aromatic carbocycles. The van der Waals surface area contributed by atoms with E-state index in [2.05, 4.69) is 16.0 Å². The maximum Gasteiger partial charge on any atom is 0.418 e. The van der Waals surface area contributed by atoms with Crippen LogP contribution in [0, 0.1) is 5.92 Å². The van der Waals surface area contributed by atoms with Gasteiger partial charge in [-0.25, -0.2) is 9.59 Å². The van der Waals surface area contributed by atoms with Crippen LogP contribution in [0.3, 0.4) is 0 Å².